The molecule has 0 saturated carbocycles. The Kier molecular flexibility index (Phi) is 5.62. The smallest absolute Gasteiger partial charge is 0.203 e. The number of carbonyl (C=O) groups excluding carboxylic acids is 1. The number of thiophene rings is 1. The van der Waals surface area contributed by atoms with Crippen molar-refractivity contribution < 1.29 is 9.53 Å². The van der Waals surface area contributed by atoms with Crippen molar-refractivity contribution in [2.45, 2.75) is 4.90 Å². The highest BCUT2D eigenvalue weighted by Crippen LogP contribution is 2.40. The molecule has 3 aromatic rings. The lowest BCUT2D eigenvalue weighted by atomic mass is 10.1. The van der Waals surface area contributed by atoms with Gasteiger partial charge in [-0.1, -0.05) is 30.3 Å². The van der Waals surface area contributed by atoms with E-state index in [0.29, 0.717) is 0 Å². The Morgan fingerprint density at radius 1 is 1.04 bits per heavy atom. The summed E-state index contributed by atoms with van der Waals surface area (Å²) >= 11 is 3.27. The van der Waals surface area contributed by atoms with Crippen molar-refractivity contribution in [2.24, 2.45) is 0 Å². The summed E-state index contributed by atoms with van der Waals surface area (Å²) in [6, 6.07) is 20.2. The Morgan fingerprint density at radius 3 is 2.41 bits per heavy atom. The lowest BCUT2D eigenvalue weighted by Gasteiger charge is -2.28. The van der Waals surface area contributed by atoms with E-state index < -0.39 is 0 Å². The van der Waals surface area contributed by atoms with Gasteiger partial charge in [0.05, 0.1) is 23.1 Å². The first kappa shape index (κ1) is 18.3. The summed E-state index contributed by atoms with van der Waals surface area (Å²) in [5.41, 5.74) is 3.01. The maximum Gasteiger partial charge on any atom is 0.203 e. The fraction of sp³-hybridized carbons (Fsp3) is 0.227. The normalized spacial score (nSPS) is 14.3. The highest BCUT2D eigenvalue weighted by Gasteiger charge is 2.22. The third kappa shape index (κ3) is 3.95. The molecule has 1 aliphatic rings. The minimum absolute atomic E-state index is 0.0874. The van der Waals surface area contributed by atoms with Crippen molar-refractivity contribution in [1.29, 1.82) is 0 Å². The zero-order valence-corrected chi connectivity index (χ0v) is 16.8. The second kappa shape index (κ2) is 8.30. The number of anilines is 1. The van der Waals surface area contributed by atoms with Gasteiger partial charge >= 0.3 is 0 Å². The van der Waals surface area contributed by atoms with Crippen LogP contribution in [0, 0.1) is 0 Å². The van der Waals surface area contributed by atoms with E-state index in [1.807, 2.05) is 48.7 Å². The van der Waals surface area contributed by atoms with Gasteiger partial charge in [-0.3, -0.25) is 4.79 Å². The van der Waals surface area contributed by atoms with Crippen LogP contribution in [-0.4, -0.2) is 38.3 Å². The molecule has 0 N–H and O–H groups in total. The van der Waals surface area contributed by atoms with Crippen molar-refractivity contribution in [1.82, 2.24) is 0 Å². The van der Waals surface area contributed by atoms with Crippen LogP contribution in [0.2, 0.25) is 0 Å². The number of thioether (sulfide) groups is 1. The van der Waals surface area contributed by atoms with Crippen molar-refractivity contribution in [3.05, 3.63) is 71.1 Å². The molecule has 0 radical (unpaired) electrons. The van der Waals surface area contributed by atoms with Crippen LogP contribution in [0.15, 0.2) is 65.6 Å². The summed E-state index contributed by atoms with van der Waals surface area (Å²) in [6.45, 7) is 3.17. The molecule has 0 unspecified atom stereocenters. The van der Waals surface area contributed by atoms with Crippen molar-refractivity contribution in [2.75, 3.05) is 37.5 Å². The van der Waals surface area contributed by atoms with Crippen LogP contribution in [0.5, 0.6) is 0 Å². The molecule has 0 spiro atoms. The molecule has 2 heterocycles. The highest BCUT2D eigenvalue weighted by molar-refractivity contribution is 7.98. The van der Waals surface area contributed by atoms with Gasteiger partial charge in [0.15, 0.2) is 0 Å². The Morgan fingerprint density at radius 2 is 1.74 bits per heavy atom. The van der Waals surface area contributed by atoms with Crippen LogP contribution < -0.4 is 4.90 Å². The highest BCUT2D eigenvalue weighted by atomic mass is 32.2. The number of carbonyl (C=O) groups is 1. The molecule has 27 heavy (non-hydrogen) atoms. The first-order valence-corrected chi connectivity index (χ1v) is 11.0. The summed E-state index contributed by atoms with van der Waals surface area (Å²) in [6.07, 6.45) is 2.04. The van der Waals surface area contributed by atoms with Crippen LogP contribution in [-0.2, 0) is 4.74 Å². The van der Waals surface area contributed by atoms with E-state index in [9.17, 15) is 4.79 Å². The largest absolute Gasteiger partial charge is 0.378 e. The molecule has 0 bridgehead atoms. The maximum atomic E-state index is 13.1. The van der Waals surface area contributed by atoms with Gasteiger partial charge in [-0.05, 0) is 42.2 Å². The standard InChI is InChI=1S/C22H21NO2S2/c1-26-18-9-7-17(8-10-18)21(24)20-15-19(16-5-3-2-4-6-16)22(27-20)23-11-13-25-14-12-23/h2-10,15H,11-14H2,1H3. The average Bonchev–Trinajstić information content (AvgIpc) is 3.20. The zero-order valence-electron chi connectivity index (χ0n) is 15.2. The summed E-state index contributed by atoms with van der Waals surface area (Å²) in [4.78, 5) is 17.4. The SMILES string of the molecule is CSc1ccc(C(=O)c2cc(-c3ccccc3)c(N3CCOCC3)s2)cc1. The van der Waals surface area contributed by atoms with Gasteiger partial charge in [0.25, 0.3) is 0 Å². The third-order valence-electron chi connectivity index (χ3n) is 4.67. The van der Waals surface area contributed by atoms with E-state index in [2.05, 4.69) is 23.1 Å². The molecular weight excluding hydrogens is 374 g/mol. The predicted octanol–water partition coefficient (Wildman–Crippen LogP) is 5.20. The van der Waals surface area contributed by atoms with Crippen molar-refractivity contribution in [3.63, 3.8) is 0 Å². The fourth-order valence-corrected chi connectivity index (χ4v) is 4.81. The number of ketones is 1. The van der Waals surface area contributed by atoms with Crippen LogP contribution in [0.4, 0.5) is 5.00 Å². The molecular formula is C22H21NO2S2. The number of morpholine rings is 1. The van der Waals surface area contributed by atoms with E-state index >= 15 is 0 Å². The quantitative estimate of drug-likeness (QED) is 0.438. The molecule has 0 amide bonds. The van der Waals surface area contributed by atoms with Gasteiger partial charge in [0.2, 0.25) is 5.78 Å². The Labute approximate surface area is 168 Å². The lowest BCUT2D eigenvalue weighted by molar-refractivity contribution is 0.104. The lowest BCUT2D eigenvalue weighted by Crippen LogP contribution is -2.35. The average molecular weight is 396 g/mol. The summed E-state index contributed by atoms with van der Waals surface area (Å²) in [5, 5.41) is 1.16. The minimum Gasteiger partial charge on any atom is -0.378 e. The molecule has 0 aliphatic carbocycles. The molecule has 1 aromatic heterocycles. The van der Waals surface area contributed by atoms with Crippen LogP contribution in [0.3, 0.4) is 0 Å². The van der Waals surface area contributed by atoms with Crippen LogP contribution in [0.25, 0.3) is 11.1 Å². The monoisotopic (exact) mass is 395 g/mol. The molecule has 3 nitrogen and oxygen atoms in total. The Balaban J connectivity index is 1.72. The van der Waals surface area contributed by atoms with Gasteiger partial charge in [-0.2, -0.15) is 0 Å². The summed E-state index contributed by atoms with van der Waals surface area (Å²) in [5.74, 6) is 0.0874. The third-order valence-corrected chi connectivity index (χ3v) is 6.61. The maximum absolute atomic E-state index is 13.1. The Hall–Kier alpha value is -2.08. The molecule has 1 fully saturated rings. The molecule has 2 aromatic carbocycles. The number of rotatable bonds is 5. The predicted molar refractivity (Wildman–Crippen MR) is 114 cm³/mol. The van der Waals surface area contributed by atoms with Crippen LogP contribution >= 0.6 is 23.1 Å². The topological polar surface area (TPSA) is 29.5 Å². The number of nitrogens with zero attached hydrogens (tertiary/aromatic N) is 1. The van der Waals surface area contributed by atoms with E-state index in [1.54, 1.807) is 23.1 Å². The summed E-state index contributed by atoms with van der Waals surface area (Å²) in [7, 11) is 0. The van der Waals surface area contributed by atoms with Crippen molar-refractivity contribution in [3.8, 4) is 11.1 Å². The van der Waals surface area contributed by atoms with Crippen molar-refractivity contribution >= 4 is 33.9 Å². The number of hydrogen-bond donors (Lipinski definition) is 0. The second-order valence-corrected chi connectivity index (χ2v) is 8.26. The first-order chi connectivity index (χ1) is 13.3. The molecule has 138 valence electrons. The number of ether oxygens (including phenoxy) is 1. The number of hydrogen-bond acceptors (Lipinski definition) is 5. The van der Waals surface area contributed by atoms with Crippen LogP contribution in [0.1, 0.15) is 15.2 Å². The molecule has 1 saturated heterocycles. The van der Waals surface area contributed by atoms with E-state index in [1.165, 1.54) is 0 Å². The van der Waals surface area contributed by atoms with E-state index in [0.717, 1.165) is 57.8 Å². The van der Waals surface area contributed by atoms with Gasteiger partial charge in [0.1, 0.15) is 0 Å². The van der Waals surface area contributed by atoms with Gasteiger partial charge < -0.3 is 9.64 Å². The zero-order chi connectivity index (χ0) is 18.6. The molecule has 0 atom stereocenters. The molecule has 4 rings (SSSR count). The first-order valence-electron chi connectivity index (χ1n) is 8.97. The molecule has 5 heteroatoms. The molecule has 1 aliphatic heterocycles. The summed E-state index contributed by atoms with van der Waals surface area (Å²) < 4.78 is 5.51. The van der Waals surface area contributed by atoms with Gasteiger partial charge in [-0.25, -0.2) is 0 Å². The van der Waals surface area contributed by atoms with Gasteiger partial charge in [0, 0.05) is 29.1 Å². The van der Waals surface area contributed by atoms with E-state index in [-0.39, 0.29) is 5.78 Å². The fourth-order valence-electron chi connectivity index (χ4n) is 3.20. The van der Waals surface area contributed by atoms with Gasteiger partial charge in [-0.15, -0.1) is 23.1 Å². The Bertz CT molecular complexity index is 913. The minimum atomic E-state index is 0.0874. The number of benzene rings is 2. The second-order valence-electron chi connectivity index (χ2n) is 6.35. The van der Waals surface area contributed by atoms with E-state index in [4.69, 9.17) is 4.74 Å².